The summed E-state index contributed by atoms with van der Waals surface area (Å²) in [6, 6.07) is 18.0. The van der Waals surface area contributed by atoms with Crippen LogP contribution in [-0.2, 0) is 11.3 Å². The number of hydrogen-bond donors (Lipinski definition) is 0. The third kappa shape index (κ3) is 4.02. The zero-order valence-electron chi connectivity index (χ0n) is 17.0. The number of ether oxygens (including phenoxy) is 2. The van der Waals surface area contributed by atoms with Crippen LogP contribution in [0.25, 0.3) is 0 Å². The summed E-state index contributed by atoms with van der Waals surface area (Å²) in [5.41, 5.74) is 2.80. The van der Waals surface area contributed by atoms with Crippen molar-refractivity contribution < 1.29 is 14.3 Å². The highest BCUT2D eigenvalue weighted by Gasteiger charge is 2.38. The van der Waals surface area contributed by atoms with E-state index in [1.165, 1.54) is 0 Å². The molecule has 4 rings (SSSR count). The van der Waals surface area contributed by atoms with Crippen LogP contribution in [0.2, 0.25) is 0 Å². The lowest BCUT2D eigenvalue weighted by Crippen LogP contribution is -2.46. The normalized spacial score (nSPS) is 19.3. The molecular formula is C23H23N3O3S. The maximum atomic E-state index is 13.0. The van der Waals surface area contributed by atoms with Crippen molar-refractivity contribution in [1.82, 2.24) is 9.80 Å². The van der Waals surface area contributed by atoms with Gasteiger partial charge in [0.25, 0.3) is 0 Å². The minimum atomic E-state index is -0.208. The highest BCUT2D eigenvalue weighted by molar-refractivity contribution is 8.03. The van der Waals surface area contributed by atoms with Crippen molar-refractivity contribution in [3.05, 3.63) is 70.3 Å². The second kappa shape index (κ2) is 8.82. The summed E-state index contributed by atoms with van der Waals surface area (Å²) in [4.78, 5) is 16.9. The van der Waals surface area contributed by atoms with E-state index in [4.69, 9.17) is 9.47 Å². The van der Waals surface area contributed by atoms with Gasteiger partial charge in [-0.25, -0.2) is 0 Å². The molecule has 1 fully saturated rings. The van der Waals surface area contributed by atoms with Crippen LogP contribution in [0.5, 0.6) is 11.5 Å². The van der Waals surface area contributed by atoms with E-state index in [0.717, 1.165) is 40.1 Å². The number of benzene rings is 2. The number of hydrogen-bond acceptors (Lipinski definition) is 6. The highest BCUT2D eigenvalue weighted by atomic mass is 32.2. The van der Waals surface area contributed by atoms with Crippen LogP contribution >= 0.6 is 11.8 Å². The van der Waals surface area contributed by atoms with Gasteiger partial charge in [-0.05, 0) is 35.4 Å². The summed E-state index contributed by atoms with van der Waals surface area (Å²) in [7, 11) is 3.27. The first-order valence-electron chi connectivity index (χ1n) is 9.69. The summed E-state index contributed by atoms with van der Waals surface area (Å²) in [5.74, 6) is 2.16. The van der Waals surface area contributed by atoms with Crippen molar-refractivity contribution in [3.8, 4) is 17.6 Å². The van der Waals surface area contributed by atoms with Crippen molar-refractivity contribution in [2.24, 2.45) is 0 Å². The molecule has 0 radical (unpaired) electrons. The van der Waals surface area contributed by atoms with Gasteiger partial charge in [0, 0.05) is 18.9 Å². The Morgan fingerprint density at radius 2 is 1.70 bits per heavy atom. The van der Waals surface area contributed by atoms with Gasteiger partial charge in [0.1, 0.15) is 11.5 Å². The van der Waals surface area contributed by atoms with Gasteiger partial charge >= 0.3 is 0 Å². The van der Waals surface area contributed by atoms with Crippen molar-refractivity contribution in [3.63, 3.8) is 0 Å². The van der Waals surface area contributed by atoms with Crippen LogP contribution in [0.4, 0.5) is 0 Å². The lowest BCUT2D eigenvalue weighted by Gasteiger charge is -2.41. The fourth-order valence-electron chi connectivity index (χ4n) is 3.82. The second-order valence-corrected chi connectivity index (χ2v) is 8.21. The summed E-state index contributed by atoms with van der Waals surface area (Å²) in [5, 5.41) is 10.7. The van der Waals surface area contributed by atoms with E-state index in [0.29, 0.717) is 18.7 Å². The van der Waals surface area contributed by atoms with Gasteiger partial charge in [0.2, 0.25) is 5.91 Å². The quantitative estimate of drug-likeness (QED) is 0.729. The van der Waals surface area contributed by atoms with E-state index in [2.05, 4.69) is 11.0 Å². The lowest BCUT2D eigenvalue weighted by molar-refractivity contribution is -0.131. The average molecular weight is 422 g/mol. The van der Waals surface area contributed by atoms with Gasteiger partial charge < -0.3 is 9.47 Å². The fraction of sp³-hybridized carbons (Fsp3) is 0.304. The molecule has 1 amide bonds. The average Bonchev–Trinajstić information content (AvgIpc) is 2.80. The molecule has 2 aromatic rings. The number of carbonyl (C=O) groups is 1. The maximum Gasteiger partial charge on any atom is 0.229 e. The Balaban J connectivity index is 1.53. The van der Waals surface area contributed by atoms with Crippen LogP contribution in [-0.4, -0.2) is 42.5 Å². The second-order valence-electron chi connectivity index (χ2n) is 7.27. The van der Waals surface area contributed by atoms with Crippen LogP contribution in [0.3, 0.4) is 0 Å². The van der Waals surface area contributed by atoms with Gasteiger partial charge in [-0.2, -0.15) is 5.26 Å². The summed E-state index contributed by atoms with van der Waals surface area (Å²) in [6.07, 6.45) is 0.301. The molecule has 2 aromatic carbocycles. The zero-order valence-corrected chi connectivity index (χ0v) is 17.8. The Morgan fingerprint density at radius 1 is 1.07 bits per heavy atom. The number of thioether (sulfide) groups is 1. The molecule has 0 aliphatic carbocycles. The van der Waals surface area contributed by atoms with Gasteiger partial charge in [0.05, 0.1) is 43.4 Å². The standard InChI is InChI=1S/C23H23N3O3S/c1-28-18-7-3-16(4-8-18)13-25-14-26-22(27)11-20(21(12-24)23(26)30-15-25)17-5-9-19(29-2)10-6-17/h3-10,20H,11,13-15H2,1-2H3/t20-/m0/s1. The molecule has 0 N–H and O–H groups in total. The SMILES string of the molecule is COc1ccc(CN2CSC3=C(C#N)[C@H](c4ccc(OC)cc4)CC(=O)N3C2)cc1. The highest BCUT2D eigenvalue weighted by Crippen LogP contribution is 2.42. The Bertz CT molecular complexity index is 996. The van der Waals surface area contributed by atoms with E-state index in [1.807, 2.05) is 48.5 Å². The van der Waals surface area contributed by atoms with E-state index < -0.39 is 0 Å². The third-order valence-corrected chi connectivity index (χ3v) is 6.64. The monoisotopic (exact) mass is 421 g/mol. The summed E-state index contributed by atoms with van der Waals surface area (Å²) >= 11 is 1.56. The molecular weight excluding hydrogens is 398 g/mol. The van der Waals surface area contributed by atoms with Gasteiger partial charge in [-0.3, -0.25) is 14.6 Å². The third-order valence-electron chi connectivity index (χ3n) is 5.43. The number of rotatable bonds is 5. The van der Waals surface area contributed by atoms with Gasteiger partial charge in [-0.15, -0.1) is 0 Å². The van der Waals surface area contributed by atoms with Crippen LogP contribution in [0.1, 0.15) is 23.5 Å². The number of amides is 1. The Labute approximate surface area is 180 Å². The minimum Gasteiger partial charge on any atom is -0.497 e. The number of nitriles is 1. The summed E-state index contributed by atoms with van der Waals surface area (Å²) in [6.45, 7) is 1.23. The molecule has 7 heteroatoms. The smallest absolute Gasteiger partial charge is 0.229 e. The molecule has 1 saturated heterocycles. The number of methoxy groups -OCH3 is 2. The molecule has 1 atom stereocenters. The van der Waals surface area contributed by atoms with Gasteiger partial charge in [0.15, 0.2) is 0 Å². The number of carbonyl (C=O) groups excluding carboxylic acids is 1. The Hall–Kier alpha value is -2.95. The predicted molar refractivity (Wildman–Crippen MR) is 116 cm³/mol. The van der Waals surface area contributed by atoms with Crippen molar-refractivity contribution in [1.29, 1.82) is 5.26 Å². The topological polar surface area (TPSA) is 65.8 Å². The predicted octanol–water partition coefficient (Wildman–Crippen LogP) is 3.92. The van der Waals surface area contributed by atoms with Crippen molar-refractivity contribution in [2.45, 2.75) is 18.9 Å². The number of allylic oxidation sites excluding steroid dienone is 1. The van der Waals surface area contributed by atoms with Crippen molar-refractivity contribution >= 4 is 17.7 Å². The Kier molecular flexibility index (Phi) is 5.98. The first kappa shape index (κ1) is 20.3. The summed E-state index contributed by atoms with van der Waals surface area (Å²) < 4.78 is 10.4. The molecule has 0 unspecified atom stereocenters. The molecule has 2 heterocycles. The molecule has 30 heavy (non-hydrogen) atoms. The molecule has 2 aliphatic rings. The lowest BCUT2D eigenvalue weighted by atomic mass is 9.86. The fourth-order valence-corrected chi connectivity index (χ4v) is 4.95. The first-order valence-corrected chi connectivity index (χ1v) is 10.7. The molecule has 0 aromatic heterocycles. The molecule has 0 spiro atoms. The molecule has 0 saturated carbocycles. The van der Waals surface area contributed by atoms with Crippen LogP contribution < -0.4 is 9.47 Å². The zero-order chi connectivity index (χ0) is 21.1. The van der Waals surface area contributed by atoms with Gasteiger partial charge in [-0.1, -0.05) is 36.0 Å². The molecule has 2 aliphatic heterocycles. The van der Waals surface area contributed by atoms with E-state index in [9.17, 15) is 10.1 Å². The molecule has 154 valence electrons. The van der Waals surface area contributed by atoms with E-state index in [1.54, 1.807) is 30.9 Å². The number of fused-ring (bicyclic) bond motifs is 1. The molecule has 6 nitrogen and oxygen atoms in total. The Morgan fingerprint density at radius 3 is 2.30 bits per heavy atom. The minimum absolute atomic E-state index is 0.0525. The molecule has 0 bridgehead atoms. The van der Waals surface area contributed by atoms with E-state index >= 15 is 0 Å². The largest absolute Gasteiger partial charge is 0.497 e. The maximum absolute atomic E-state index is 13.0. The first-order chi connectivity index (χ1) is 14.6. The number of nitrogens with zero attached hydrogens (tertiary/aromatic N) is 3. The van der Waals surface area contributed by atoms with Crippen LogP contribution in [0, 0.1) is 11.3 Å². The van der Waals surface area contributed by atoms with Crippen LogP contribution in [0.15, 0.2) is 59.1 Å². The van der Waals surface area contributed by atoms with Crippen molar-refractivity contribution in [2.75, 3.05) is 26.8 Å². The van der Waals surface area contributed by atoms with E-state index in [-0.39, 0.29) is 11.8 Å².